The SMILES string of the molecule is Cc1nc2ccc(NC(=O)c3oc4c(c3C)C(=O)CC(C)(C)C4)cc2o1. The van der Waals surface area contributed by atoms with E-state index < -0.39 is 0 Å². The lowest BCUT2D eigenvalue weighted by Gasteiger charge is -2.27. The van der Waals surface area contributed by atoms with E-state index >= 15 is 0 Å². The molecule has 2 aromatic heterocycles. The van der Waals surface area contributed by atoms with Gasteiger partial charge in [-0.1, -0.05) is 13.8 Å². The van der Waals surface area contributed by atoms with Crippen molar-refractivity contribution in [2.24, 2.45) is 5.41 Å². The van der Waals surface area contributed by atoms with Crippen LogP contribution >= 0.6 is 0 Å². The minimum atomic E-state index is -0.377. The highest BCUT2D eigenvalue weighted by atomic mass is 16.4. The van der Waals surface area contributed by atoms with E-state index in [2.05, 4.69) is 10.3 Å². The molecule has 1 N–H and O–H groups in total. The summed E-state index contributed by atoms with van der Waals surface area (Å²) in [5.41, 5.74) is 2.94. The number of fused-ring (bicyclic) bond motifs is 2. The summed E-state index contributed by atoms with van der Waals surface area (Å²) in [4.78, 5) is 29.4. The van der Waals surface area contributed by atoms with Crippen molar-refractivity contribution in [2.45, 2.75) is 40.5 Å². The van der Waals surface area contributed by atoms with E-state index in [-0.39, 0.29) is 22.9 Å². The number of nitrogens with zero attached hydrogens (tertiary/aromatic N) is 1. The Kier molecular flexibility index (Phi) is 3.54. The van der Waals surface area contributed by atoms with Crippen LogP contribution in [0.4, 0.5) is 5.69 Å². The molecule has 0 radical (unpaired) electrons. The Hall–Kier alpha value is -2.89. The summed E-state index contributed by atoms with van der Waals surface area (Å²) in [5.74, 6) is 1.03. The molecule has 1 aliphatic carbocycles. The number of carbonyl (C=O) groups excluding carboxylic acids is 2. The Morgan fingerprint density at radius 2 is 1.96 bits per heavy atom. The van der Waals surface area contributed by atoms with Crippen LogP contribution in [0.25, 0.3) is 11.1 Å². The number of ketones is 1. The van der Waals surface area contributed by atoms with Crippen LogP contribution in [0.2, 0.25) is 0 Å². The Bertz CT molecular complexity index is 1060. The van der Waals surface area contributed by atoms with Gasteiger partial charge in [-0.25, -0.2) is 4.98 Å². The number of rotatable bonds is 2. The van der Waals surface area contributed by atoms with Gasteiger partial charge in [-0.15, -0.1) is 0 Å². The molecule has 134 valence electrons. The van der Waals surface area contributed by atoms with Gasteiger partial charge in [-0.05, 0) is 24.5 Å². The number of furan rings is 1. The summed E-state index contributed by atoms with van der Waals surface area (Å²) < 4.78 is 11.3. The molecule has 1 aromatic carbocycles. The molecule has 6 nitrogen and oxygen atoms in total. The smallest absolute Gasteiger partial charge is 0.291 e. The van der Waals surface area contributed by atoms with Gasteiger partial charge in [-0.3, -0.25) is 9.59 Å². The van der Waals surface area contributed by atoms with Crippen molar-refractivity contribution in [3.05, 3.63) is 46.7 Å². The van der Waals surface area contributed by atoms with E-state index in [0.29, 0.717) is 46.9 Å². The van der Waals surface area contributed by atoms with Gasteiger partial charge in [0.05, 0.1) is 5.56 Å². The molecule has 0 saturated carbocycles. The average Bonchev–Trinajstić information content (AvgIpc) is 3.04. The molecular weight excluding hydrogens is 332 g/mol. The maximum atomic E-state index is 12.7. The second kappa shape index (κ2) is 5.56. The summed E-state index contributed by atoms with van der Waals surface area (Å²) in [7, 11) is 0. The van der Waals surface area contributed by atoms with Gasteiger partial charge in [0, 0.05) is 37.1 Å². The van der Waals surface area contributed by atoms with Gasteiger partial charge in [-0.2, -0.15) is 0 Å². The zero-order valence-electron chi connectivity index (χ0n) is 15.2. The highest BCUT2D eigenvalue weighted by Crippen LogP contribution is 2.38. The first-order valence-corrected chi connectivity index (χ1v) is 8.57. The Morgan fingerprint density at radius 3 is 2.73 bits per heavy atom. The molecule has 0 unspecified atom stereocenters. The van der Waals surface area contributed by atoms with E-state index in [0.717, 1.165) is 5.52 Å². The van der Waals surface area contributed by atoms with Gasteiger partial charge >= 0.3 is 0 Å². The van der Waals surface area contributed by atoms with Gasteiger partial charge in [0.2, 0.25) is 0 Å². The molecule has 0 spiro atoms. The molecule has 3 aromatic rings. The molecule has 0 fully saturated rings. The zero-order valence-corrected chi connectivity index (χ0v) is 15.2. The van der Waals surface area contributed by atoms with Crippen LogP contribution < -0.4 is 5.32 Å². The number of hydrogen-bond donors (Lipinski definition) is 1. The predicted molar refractivity (Wildman–Crippen MR) is 96.6 cm³/mol. The quantitative estimate of drug-likeness (QED) is 0.737. The third-order valence-corrected chi connectivity index (χ3v) is 4.74. The average molecular weight is 352 g/mol. The molecule has 1 aliphatic rings. The molecule has 1 amide bonds. The highest BCUT2D eigenvalue weighted by molar-refractivity contribution is 6.08. The lowest BCUT2D eigenvalue weighted by molar-refractivity contribution is 0.0898. The topological polar surface area (TPSA) is 85.3 Å². The lowest BCUT2D eigenvalue weighted by Crippen LogP contribution is -2.26. The number of benzene rings is 1. The second-order valence-electron chi connectivity index (χ2n) is 7.66. The molecule has 4 rings (SSSR count). The summed E-state index contributed by atoms with van der Waals surface area (Å²) in [5, 5.41) is 2.81. The van der Waals surface area contributed by atoms with Crippen LogP contribution in [0.3, 0.4) is 0 Å². The number of nitrogens with one attached hydrogen (secondary N) is 1. The first-order valence-electron chi connectivity index (χ1n) is 8.57. The van der Waals surface area contributed by atoms with Crippen molar-refractivity contribution in [3.63, 3.8) is 0 Å². The third kappa shape index (κ3) is 2.71. The van der Waals surface area contributed by atoms with Crippen molar-refractivity contribution in [2.75, 3.05) is 5.32 Å². The molecule has 6 heteroatoms. The maximum absolute atomic E-state index is 12.7. The fourth-order valence-corrected chi connectivity index (χ4v) is 3.60. The van der Waals surface area contributed by atoms with Crippen molar-refractivity contribution in [1.82, 2.24) is 4.98 Å². The molecule has 26 heavy (non-hydrogen) atoms. The van der Waals surface area contributed by atoms with Gasteiger partial charge in [0.15, 0.2) is 23.0 Å². The predicted octanol–water partition coefficient (Wildman–Crippen LogP) is 4.45. The molecular formula is C20H20N2O4. The fraction of sp³-hybridized carbons (Fsp3) is 0.350. The maximum Gasteiger partial charge on any atom is 0.291 e. The first kappa shape index (κ1) is 16.6. The van der Waals surface area contributed by atoms with Crippen LogP contribution in [0.15, 0.2) is 27.0 Å². The van der Waals surface area contributed by atoms with Crippen LogP contribution in [-0.4, -0.2) is 16.7 Å². The van der Waals surface area contributed by atoms with Crippen molar-refractivity contribution < 1.29 is 18.4 Å². The summed E-state index contributed by atoms with van der Waals surface area (Å²) in [6.45, 7) is 7.59. The van der Waals surface area contributed by atoms with Crippen molar-refractivity contribution >= 4 is 28.5 Å². The minimum absolute atomic E-state index is 0.0371. The number of aryl methyl sites for hydroxylation is 1. The van der Waals surface area contributed by atoms with E-state index in [9.17, 15) is 9.59 Å². The standard InChI is InChI=1S/C20H20N2O4/c1-10-17-14(23)8-20(3,4)9-16(17)26-18(10)19(24)22-12-5-6-13-15(7-12)25-11(2)21-13/h5-7H,8-9H2,1-4H3,(H,22,24). The second-order valence-corrected chi connectivity index (χ2v) is 7.66. The van der Waals surface area contributed by atoms with E-state index in [1.54, 1.807) is 32.0 Å². The normalized spacial score (nSPS) is 15.9. The van der Waals surface area contributed by atoms with Crippen LogP contribution in [0.1, 0.15) is 58.4 Å². The van der Waals surface area contributed by atoms with Gasteiger partial charge in [0.25, 0.3) is 5.91 Å². The zero-order chi connectivity index (χ0) is 18.6. The summed E-state index contributed by atoms with van der Waals surface area (Å²) >= 11 is 0. The van der Waals surface area contributed by atoms with Gasteiger partial charge in [0.1, 0.15) is 11.3 Å². The van der Waals surface area contributed by atoms with Gasteiger partial charge < -0.3 is 14.2 Å². The van der Waals surface area contributed by atoms with Crippen LogP contribution in [0.5, 0.6) is 0 Å². The fourth-order valence-electron chi connectivity index (χ4n) is 3.60. The largest absolute Gasteiger partial charge is 0.455 e. The Labute approximate surface area is 150 Å². The molecule has 0 aliphatic heterocycles. The number of amides is 1. The Morgan fingerprint density at radius 1 is 1.19 bits per heavy atom. The number of Topliss-reactive ketones (excluding diaryl/α,β-unsaturated/α-hetero) is 1. The highest BCUT2D eigenvalue weighted by Gasteiger charge is 2.37. The van der Waals surface area contributed by atoms with E-state index in [1.165, 1.54) is 0 Å². The first-order chi connectivity index (χ1) is 12.2. The third-order valence-electron chi connectivity index (χ3n) is 4.74. The number of hydrogen-bond acceptors (Lipinski definition) is 5. The summed E-state index contributed by atoms with van der Waals surface area (Å²) in [6.07, 6.45) is 1.11. The van der Waals surface area contributed by atoms with E-state index in [1.807, 2.05) is 13.8 Å². The molecule has 0 saturated heterocycles. The van der Waals surface area contributed by atoms with E-state index in [4.69, 9.17) is 8.83 Å². The minimum Gasteiger partial charge on any atom is -0.455 e. The molecule has 0 bridgehead atoms. The Balaban J connectivity index is 1.65. The number of carbonyl (C=O) groups is 2. The van der Waals surface area contributed by atoms with Crippen molar-refractivity contribution in [3.8, 4) is 0 Å². The number of oxazole rings is 1. The monoisotopic (exact) mass is 352 g/mol. The van der Waals surface area contributed by atoms with Crippen LogP contribution in [-0.2, 0) is 6.42 Å². The van der Waals surface area contributed by atoms with Crippen LogP contribution in [0, 0.1) is 19.3 Å². The summed E-state index contributed by atoms with van der Waals surface area (Å²) in [6, 6.07) is 5.27. The van der Waals surface area contributed by atoms with Crippen molar-refractivity contribution in [1.29, 1.82) is 0 Å². The number of anilines is 1. The lowest BCUT2D eigenvalue weighted by atomic mass is 9.76. The molecule has 2 heterocycles. The number of aromatic nitrogens is 1. The molecule has 0 atom stereocenters.